The Morgan fingerprint density at radius 2 is 1.86 bits per heavy atom. The largest absolute Gasteiger partial charge is 0.416 e. The number of rotatable bonds is 6. The van der Waals surface area contributed by atoms with Gasteiger partial charge in [-0.15, -0.1) is 0 Å². The minimum absolute atomic E-state index is 0.120. The summed E-state index contributed by atoms with van der Waals surface area (Å²) in [6, 6.07) is 14.7. The third-order valence-corrected chi connectivity index (χ3v) is 7.00. The van der Waals surface area contributed by atoms with Crippen molar-refractivity contribution in [1.29, 1.82) is 0 Å². The van der Waals surface area contributed by atoms with Gasteiger partial charge in [-0.1, -0.05) is 18.2 Å². The first-order valence-corrected chi connectivity index (χ1v) is 13.1. The number of carbonyl (C=O) groups excluding carboxylic acids is 1. The van der Waals surface area contributed by atoms with Crippen molar-refractivity contribution in [3.8, 4) is 16.8 Å². The number of nitrogens with one attached hydrogen (secondary N) is 2. The average Bonchev–Trinajstić information content (AvgIpc) is 3.57. The molecule has 6 rings (SSSR count). The Kier molecular flexibility index (Phi) is 6.74. The van der Waals surface area contributed by atoms with Crippen LogP contribution in [0.1, 0.15) is 27.2 Å². The number of aromatic amines is 1. The minimum Gasteiger partial charge on any atom is -0.339 e. The van der Waals surface area contributed by atoms with Gasteiger partial charge in [-0.25, -0.2) is 15.0 Å². The second-order valence-electron chi connectivity index (χ2n) is 10.4. The van der Waals surface area contributed by atoms with Gasteiger partial charge in [0, 0.05) is 52.2 Å². The van der Waals surface area contributed by atoms with Crippen LogP contribution in [0.15, 0.2) is 79.6 Å². The van der Waals surface area contributed by atoms with Gasteiger partial charge in [-0.3, -0.25) is 4.79 Å². The third kappa shape index (κ3) is 5.34. The van der Waals surface area contributed by atoms with Gasteiger partial charge >= 0.3 is 6.18 Å². The number of hydrogen-bond acceptors (Lipinski definition) is 5. The number of benzene rings is 3. The Morgan fingerprint density at radius 3 is 2.64 bits per heavy atom. The summed E-state index contributed by atoms with van der Waals surface area (Å²) >= 11 is 0. The van der Waals surface area contributed by atoms with Crippen LogP contribution in [0, 0.1) is 6.92 Å². The van der Waals surface area contributed by atoms with Crippen molar-refractivity contribution >= 4 is 33.5 Å². The highest BCUT2D eigenvalue weighted by molar-refractivity contribution is 6.07. The number of aromatic nitrogens is 5. The minimum atomic E-state index is -4.64. The number of aryl methyl sites for hydroxylation is 1. The van der Waals surface area contributed by atoms with Crippen molar-refractivity contribution in [2.45, 2.75) is 19.6 Å². The quantitative estimate of drug-likeness (QED) is 0.236. The fourth-order valence-electron chi connectivity index (χ4n) is 4.98. The second kappa shape index (κ2) is 10.4. The van der Waals surface area contributed by atoms with Crippen LogP contribution in [0.4, 0.5) is 18.9 Å². The van der Waals surface area contributed by atoms with Crippen LogP contribution in [0.3, 0.4) is 0 Å². The first kappa shape index (κ1) is 27.2. The van der Waals surface area contributed by atoms with E-state index in [-0.39, 0.29) is 11.3 Å². The highest BCUT2D eigenvalue weighted by Gasteiger charge is 2.32. The van der Waals surface area contributed by atoms with Crippen molar-refractivity contribution in [3.05, 3.63) is 102 Å². The molecule has 0 saturated heterocycles. The molecule has 0 spiro atoms. The molecule has 0 radical (unpaired) electrons. The second-order valence-corrected chi connectivity index (χ2v) is 10.4. The molecule has 3 aromatic carbocycles. The van der Waals surface area contributed by atoms with Gasteiger partial charge in [0.2, 0.25) is 0 Å². The summed E-state index contributed by atoms with van der Waals surface area (Å²) in [7, 11) is 3.75. The summed E-state index contributed by atoms with van der Waals surface area (Å²) in [5, 5.41) is 4.69. The molecule has 0 saturated carbocycles. The van der Waals surface area contributed by atoms with Crippen LogP contribution >= 0.6 is 0 Å². The van der Waals surface area contributed by atoms with E-state index in [9.17, 15) is 18.0 Å². The number of hydrogen-bond donors (Lipinski definition) is 2. The zero-order chi connectivity index (χ0) is 29.6. The molecule has 0 fully saturated rings. The smallest absolute Gasteiger partial charge is 0.339 e. The van der Waals surface area contributed by atoms with E-state index < -0.39 is 17.6 Å². The molecule has 0 aliphatic carbocycles. The van der Waals surface area contributed by atoms with Crippen LogP contribution in [-0.2, 0) is 12.7 Å². The summed E-state index contributed by atoms with van der Waals surface area (Å²) in [4.78, 5) is 31.2. The lowest BCUT2D eigenvalue weighted by atomic mass is 9.98. The number of nitrogens with zero attached hydrogens (tertiary/aromatic N) is 5. The topological polar surface area (TPSA) is 91.7 Å². The molecule has 1 amide bonds. The third-order valence-electron chi connectivity index (χ3n) is 7.00. The van der Waals surface area contributed by atoms with Gasteiger partial charge in [0.05, 0.1) is 17.6 Å². The molecule has 0 unspecified atom stereocenters. The molecule has 2 N–H and O–H groups in total. The van der Waals surface area contributed by atoms with E-state index in [2.05, 4.69) is 25.3 Å². The molecule has 11 heteroatoms. The maximum atomic E-state index is 13.8. The monoisotopic (exact) mass is 569 g/mol. The standard InChI is InChI=1S/C31H26F3N7O/c1-18-4-6-22(12-26(18)19-5-7-25-27-13-35-16-36-29(27)39-28(25)10-19)38-30(42)20-8-21(31(32,33)34)11-24(9-20)41-15-23(37-17-41)14-40(2)3/h4-13,15-17H,14H2,1-3H3,(H,38,42)(H,35,36,39). The molecular formula is C31H26F3N7O. The fraction of sp³-hybridized carbons (Fsp3) is 0.161. The summed E-state index contributed by atoms with van der Waals surface area (Å²) in [5.74, 6) is -0.657. The van der Waals surface area contributed by atoms with Crippen molar-refractivity contribution in [2.75, 3.05) is 19.4 Å². The average molecular weight is 570 g/mol. The summed E-state index contributed by atoms with van der Waals surface area (Å²) in [5.41, 5.74) is 4.67. The number of amides is 1. The molecular weight excluding hydrogens is 543 g/mol. The Hall–Kier alpha value is -5.03. The lowest BCUT2D eigenvalue weighted by Crippen LogP contribution is -2.15. The summed E-state index contributed by atoms with van der Waals surface area (Å²) < 4.78 is 43.0. The highest BCUT2D eigenvalue weighted by Crippen LogP contribution is 2.34. The Morgan fingerprint density at radius 1 is 1.02 bits per heavy atom. The van der Waals surface area contributed by atoms with Gasteiger partial charge < -0.3 is 19.8 Å². The van der Waals surface area contributed by atoms with Crippen molar-refractivity contribution in [3.63, 3.8) is 0 Å². The lowest BCUT2D eigenvalue weighted by Gasteiger charge is -2.14. The number of anilines is 1. The SMILES string of the molecule is Cc1ccc(NC(=O)c2cc(-n3cnc(CN(C)C)c3)cc(C(F)(F)F)c2)cc1-c1ccc2c(c1)[nH]c1ncncc12. The number of halogens is 3. The van der Waals surface area contributed by atoms with E-state index >= 15 is 0 Å². The number of imidazole rings is 1. The van der Waals surface area contributed by atoms with Gasteiger partial charge in [0.25, 0.3) is 5.91 Å². The van der Waals surface area contributed by atoms with Crippen LogP contribution < -0.4 is 5.32 Å². The molecule has 3 heterocycles. The highest BCUT2D eigenvalue weighted by atomic mass is 19.4. The number of alkyl halides is 3. The first-order valence-electron chi connectivity index (χ1n) is 13.1. The van der Waals surface area contributed by atoms with Gasteiger partial charge in [-0.05, 0) is 74.1 Å². The normalized spacial score (nSPS) is 12.0. The molecule has 0 aliphatic heterocycles. The van der Waals surface area contributed by atoms with E-state index in [4.69, 9.17) is 0 Å². The number of carbonyl (C=O) groups is 1. The molecule has 0 atom stereocenters. The molecule has 212 valence electrons. The molecule has 8 nitrogen and oxygen atoms in total. The first-order chi connectivity index (χ1) is 20.0. The van der Waals surface area contributed by atoms with Crippen LogP contribution in [0.2, 0.25) is 0 Å². The Balaban J connectivity index is 1.32. The van der Waals surface area contributed by atoms with Gasteiger partial charge in [-0.2, -0.15) is 13.2 Å². The Labute approximate surface area is 238 Å². The maximum absolute atomic E-state index is 13.8. The van der Waals surface area contributed by atoms with E-state index in [1.54, 1.807) is 18.5 Å². The predicted octanol–water partition coefficient (Wildman–Crippen LogP) is 6.60. The van der Waals surface area contributed by atoms with E-state index in [1.807, 2.05) is 56.3 Å². The number of H-pyrrole nitrogens is 1. The summed E-state index contributed by atoms with van der Waals surface area (Å²) in [6.45, 7) is 2.48. The van der Waals surface area contributed by atoms with Crippen LogP contribution in [0.25, 0.3) is 38.8 Å². The lowest BCUT2D eigenvalue weighted by molar-refractivity contribution is -0.137. The van der Waals surface area contributed by atoms with Crippen LogP contribution in [0.5, 0.6) is 0 Å². The molecule has 3 aromatic heterocycles. The maximum Gasteiger partial charge on any atom is 0.416 e. The van der Waals surface area contributed by atoms with E-state index in [1.165, 1.54) is 23.3 Å². The van der Waals surface area contributed by atoms with Crippen LogP contribution in [-0.4, -0.2) is 49.4 Å². The van der Waals surface area contributed by atoms with Crippen molar-refractivity contribution in [2.24, 2.45) is 0 Å². The number of fused-ring (bicyclic) bond motifs is 3. The predicted molar refractivity (Wildman–Crippen MR) is 155 cm³/mol. The Bertz CT molecular complexity index is 1960. The molecule has 0 aliphatic rings. The van der Waals surface area contributed by atoms with Gasteiger partial charge in [0.15, 0.2) is 0 Å². The van der Waals surface area contributed by atoms with Crippen molar-refractivity contribution in [1.82, 2.24) is 29.4 Å². The molecule has 42 heavy (non-hydrogen) atoms. The van der Waals surface area contributed by atoms with Crippen molar-refractivity contribution < 1.29 is 18.0 Å². The van der Waals surface area contributed by atoms with E-state index in [0.29, 0.717) is 17.9 Å². The van der Waals surface area contributed by atoms with E-state index in [0.717, 1.165) is 50.8 Å². The van der Waals surface area contributed by atoms with Gasteiger partial charge in [0.1, 0.15) is 12.0 Å². The zero-order valence-corrected chi connectivity index (χ0v) is 23.0. The fourth-order valence-corrected chi connectivity index (χ4v) is 4.98. The molecule has 0 bridgehead atoms. The summed E-state index contributed by atoms with van der Waals surface area (Å²) in [6.07, 6.45) is 1.71. The molecule has 6 aromatic rings. The zero-order valence-electron chi connectivity index (χ0n) is 23.0.